The van der Waals surface area contributed by atoms with E-state index < -0.39 is 18.0 Å². The topological polar surface area (TPSA) is 92.6 Å². The molecule has 2 heterocycles. The van der Waals surface area contributed by atoms with E-state index in [9.17, 15) is 9.59 Å². The van der Waals surface area contributed by atoms with Crippen molar-refractivity contribution < 1.29 is 19.4 Å². The number of nitrogens with zero attached hydrogens (tertiary/aromatic N) is 3. The lowest BCUT2D eigenvalue weighted by Crippen LogP contribution is -2.36. The van der Waals surface area contributed by atoms with Crippen molar-refractivity contribution in [3.05, 3.63) is 17.6 Å². The van der Waals surface area contributed by atoms with Crippen LogP contribution in [0.25, 0.3) is 0 Å². The summed E-state index contributed by atoms with van der Waals surface area (Å²) < 4.78 is 4.58. The standard InChI is InChI=1S/C12H15N3O4/c1-7-6-9(14-10(13-7)12(18)19-2)15-5-3-4-8(15)11(16)17/h6,8H,3-5H2,1-2H3,(H,16,17). The van der Waals surface area contributed by atoms with Crippen molar-refractivity contribution >= 4 is 17.8 Å². The maximum atomic E-state index is 11.5. The molecule has 1 saturated heterocycles. The van der Waals surface area contributed by atoms with Crippen LogP contribution in [0.15, 0.2) is 6.07 Å². The number of anilines is 1. The van der Waals surface area contributed by atoms with E-state index in [0.29, 0.717) is 24.5 Å². The number of aryl methyl sites for hydroxylation is 1. The van der Waals surface area contributed by atoms with Crippen molar-refractivity contribution in [3.8, 4) is 0 Å². The number of rotatable bonds is 3. The molecule has 0 amide bonds. The third-order valence-corrected chi connectivity index (χ3v) is 3.04. The SMILES string of the molecule is COC(=O)c1nc(C)cc(N2CCCC2C(=O)O)n1. The third-order valence-electron chi connectivity index (χ3n) is 3.04. The maximum absolute atomic E-state index is 11.5. The number of carboxylic acid groups (broad SMARTS) is 1. The van der Waals surface area contributed by atoms with Gasteiger partial charge in [-0.1, -0.05) is 0 Å². The quantitative estimate of drug-likeness (QED) is 0.801. The van der Waals surface area contributed by atoms with Crippen LogP contribution in [0.5, 0.6) is 0 Å². The molecule has 1 N–H and O–H groups in total. The summed E-state index contributed by atoms with van der Waals surface area (Å²) in [6, 6.07) is 1.08. The second-order valence-corrected chi connectivity index (χ2v) is 4.37. The number of hydrogen-bond donors (Lipinski definition) is 1. The van der Waals surface area contributed by atoms with Crippen molar-refractivity contribution in [2.24, 2.45) is 0 Å². The van der Waals surface area contributed by atoms with E-state index in [1.807, 2.05) is 0 Å². The first kappa shape index (κ1) is 13.3. The molecule has 1 unspecified atom stereocenters. The number of carbonyl (C=O) groups is 2. The predicted molar refractivity (Wildman–Crippen MR) is 66.1 cm³/mol. The van der Waals surface area contributed by atoms with E-state index in [2.05, 4.69) is 14.7 Å². The van der Waals surface area contributed by atoms with Gasteiger partial charge in [-0.25, -0.2) is 19.6 Å². The fourth-order valence-electron chi connectivity index (χ4n) is 2.18. The van der Waals surface area contributed by atoms with Gasteiger partial charge in [0.1, 0.15) is 11.9 Å². The van der Waals surface area contributed by atoms with Crippen LogP contribution in [0.3, 0.4) is 0 Å². The van der Waals surface area contributed by atoms with Crippen LogP contribution in [0.2, 0.25) is 0 Å². The molecular weight excluding hydrogens is 250 g/mol. The average Bonchev–Trinajstić information content (AvgIpc) is 2.86. The van der Waals surface area contributed by atoms with Gasteiger partial charge in [-0.15, -0.1) is 0 Å². The first-order valence-corrected chi connectivity index (χ1v) is 5.96. The van der Waals surface area contributed by atoms with Crippen LogP contribution < -0.4 is 4.90 Å². The van der Waals surface area contributed by atoms with E-state index in [4.69, 9.17) is 5.11 Å². The molecule has 1 aromatic heterocycles. The number of aliphatic carboxylic acids is 1. The number of methoxy groups -OCH3 is 1. The minimum atomic E-state index is -0.881. The highest BCUT2D eigenvalue weighted by Crippen LogP contribution is 2.24. The highest BCUT2D eigenvalue weighted by Gasteiger charge is 2.32. The van der Waals surface area contributed by atoms with Gasteiger partial charge in [0.15, 0.2) is 0 Å². The highest BCUT2D eigenvalue weighted by atomic mass is 16.5. The van der Waals surface area contributed by atoms with E-state index in [0.717, 1.165) is 6.42 Å². The predicted octanol–water partition coefficient (Wildman–Crippen LogP) is 0.625. The molecule has 0 radical (unpaired) electrons. The Kier molecular flexibility index (Phi) is 3.64. The van der Waals surface area contributed by atoms with Gasteiger partial charge in [0.25, 0.3) is 0 Å². The molecule has 0 bridgehead atoms. The molecule has 7 heteroatoms. The third kappa shape index (κ3) is 2.64. The van der Waals surface area contributed by atoms with Crippen LogP contribution >= 0.6 is 0 Å². The Morgan fingerprint density at radius 1 is 1.47 bits per heavy atom. The van der Waals surface area contributed by atoms with Gasteiger partial charge in [0.2, 0.25) is 5.82 Å². The molecule has 19 heavy (non-hydrogen) atoms. The lowest BCUT2D eigenvalue weighted by atomic mass is 10.2. The van der Waals surface area contributed by atoms with Crippen molar-refractivity contribution in [1.29, 1.82) is 0 Å². The largest absolute Gasteiger partial charge is 0.480 e. The van der Waals surface area contributed by atoms with E-state index >= 15 is 0 Å². The first-order valence-electron chi connectivity index (χ1n) is 5.96. The fraction of sp³-hybridized carbons (Fsp3) is 0.500. The Morgan fingerprint density at radius 3 is 2.84 bits per heavy atom. The molecule has 2 rings (SSSR count). The second-order valence-electron chi connectivity index (χ2n) is 4.37. The smallest absolute Gasteiger partial charge is 0.376 e. The van der Waals surface area contributed by atoms with Gasteiger partial charge < -0.3 is 14.7 Å². The number of hydrogen-bond acceptors (Lipinski definition) is 6. The second kappa shape index (κ2) is 5.21. The summed E-state index contributed by atoms with van der Waals surface area (Å²) in [5.41, 5.74) is 0.599. The summed E-state index contributed by atoms with van der Waals surface area (Å²) in [6.45, 7) is 2.33. The Hall–Kier alpha value is -2.18. The normalized spacial score (nSPS) is 18.4. The van der Waals surface area contributed by atoms with Gasteiger partial charge in [-0.3, -0.25) is 0 Å². The molecule has 102 valence electrons. The summed E-state index contributed by atoms with van der Waals surface area (Å²) >= 11 is 0. The first-order chi connectivity index (χ1) is 9.02. The summed E-state index contributed by atoms with van der Waals surface area (Å²) in [6.07, 6.45) is 1.36. The number of carbonyl (C=O) groups excluding carboxylic acids is 1. The number of aromatic nitrogens is 2. The van der Waals surface area contributed by atoms with Gasteiger partial charge in [0.05, 0.1) is 7.11 Å². The molecule has 1 aliphatic rings. The van der Waals surface area contributed by atoms with Crippen LogP contribution in [0.4, 0.5) is 5.82 Å². The van der Waals surface area contributed by atoms with Gasteiger partial charge in [0, 0.05) is 18.3 Å². The molecule has 1 aromatic rings. The van der Waals surface area contributed by atoms with Gasteiger partial charge >= 0.3 is 11.9 Å². The minimum Gasteiger partial charge on any atom is -0.480 e. The average molecular weight is 265 g/mol. The molecule has 0 aromatic carbocycles. The number of esters is 1. The van der Waals surface area contributed by atoms with Crippen LogP contribution in [0.1, 0.15) is 29.2 Å². The molecule has 0 saturated carbocycles. The highest BCUT2D eigenvalue weighted by molar-refractivity contribution is 5.86. The molecule has 7 nitrogen and oxygen atoms in total. The van der Waals surface area contributed by atoms with Crippen molar-refractivity contribution in [2.75, 3.05) is 18.6 Å². The summed E-state index contributed by atoms with van der Waals surface area (Å²) in [5.74, 6) is -1.10. The summed E-state index contributed by atoms with van der Waals surface area (Å²) in [5, 5.41) is 9.16. The molecule has 1 fully saturated rings. The van der Waals surface area contributed by atoms with Crippen molar-refractivity contribution in [1.82, 2.24) is 9.97 Å². The number of carboxylic acids is 1. The zero-order chi connectivity index (χ0) is 14.0. The van der Waals surface area contributed by atoms with Gasteiger partial charge in [-0.2, -0.15) is 0 Å². The van der Waals surface area contributed by atoms with Crippen LogP contribution in [0, 0.1) is 6.92 Å². The lowest BCUT2D eigenvalue weighted by molar-refractivity contribution is -0.138. The molecule has 0 spiro atoms. The fourth-order valence-corrected chi connectivity index (χ4v) is 2.18. The molecule has 0 aliphatic carbocycles. The Bertz CT molecular complexity index is 518. The lowest BCUT2D eigenvalue weighted by Gasteiger charge is -2.22. The summed E-state index contributed by atoms with van der Waals surface area (Å²) in [4.78, 5) is 32.4. The zero-order valence-electron chi connectivity index (χ0n) is 10.8. The molecule has 1 aliphatic heterocycles. The monoisotopic (exact) mass is 265 g/mol. The van der Waals surface area contributed by atoms with Gasteiger partial charge in [-0.05, 0) is 19.8 Å². The molecule has 1 atom stereocenters. The van der Waals surface area contributed by atoms with Crippen molar-refractivity contribution in [3.63, 3.8) is 0 Å². The number of ether oxygens (including phenoxy) is 1. The Morgan fingerprint density at radius 2 is 2.21 bits per heavy atom. The van der Waals surface area contributed by atoms with E-state index in [1.165, 1.54) is 7.11 Å². The molecular formula is C12H15N3O4. The van der Waals surface area contributed by atoms with Crippen LogP contribution in [-0.2, 0) is 9.53 Å². The van der Waals surface area contributed by atoms with E-state index in [1.54, 1.807) is 17.9 Å². The van der Waals surface area contributed by atoms with Crippen molar-refractivity contribution in [2.45, 2.75) is 25.8 Å². The minimum absolute atomic E-state index is 0.0476. The van der Waals surface area contributed by atoms with Crippen LogP contribution in [-0.4, -0.2) is 46.7 Å². The zero-order valence-corrected chi connectivity index (χ0v) is 10.8. The summed E-state index contributed by atoms with van der Waals surface area (Å²) in [7, 11) is 1.25. The maximum Gasteiger partial charge on any atom is 0.376 e. The Balaban J connectivity index is 2.36. The van der Waals surface area contributed by atoms with E-state index in [-0.39, 0.29) is 5.82 Å². The Labute approximate surface area is 110 Å².